The molecule has 7 nitrogen and oxygen atoms in total. The third-order valence-corrected chi connectivity index (χ3v) is 5.80. The summed E-state index contributed by atoms with van der Waals surface area (Å²) in [6.07, 6.45) is 0.711. The standard InChI is InChI=1S/C25H24N6OS/c1-2-31-23(17-19-9-5-3-6-10-19)29-30-25(31)33-18-24(32)26-20-13-15-22(16-14-20)28-27-21-11-7-4-8-12-21/h3-16H,2,17-18H2,1H3,(H,26,32). The van der Waals surface area contributed by atoms with Gasteiger partial charge in [0, 0.05) is 18.7 Å². The normalized spacial score (nSPS) is 11.1. The van der Waals surface area contributed by atoms with E-state index in [1.165, 1.54) is 17.3 Å². The molecule has 8 heteroatoms. The Labute approximate surface area is 197 Å². The average molecular weight is 457 g/mol. The second-order valence-corrected chi connectivity index (χ2v) is 8.17. The lowest BCUT2D eigenvalue weighted by atomic mass is 10.1. The lowest BCUT2D eigenvalue weighted by Gasteiger charge is -2.08. The highest BCUT2D eigenvalue weighted by atomic mass is 32.2. The molecule has 0 aliphatic heterocycles. The molecule has 1 aromatic heterocycles. The smallest absolute Gasteiger partial charge is 0.234 e. The van der Waals surface area contributed by atoms with E-state index < -0.39 is 0 Å². The van der Waals surface area contributed by atoms with Crippen LogP contribution in [0.4, 0.5) is 17.1 Å². The van der Waals surface area contributed by atoms with E-state index in [9.17, 15) is 4.79 Å². The van der Waals surface area contributed by atoms with Crippen molar-refractivity contribution >= 4 is 34.7 Å². The van der Waals surface area contributed by atoms with Crippen LogP contribution in [0.25, 0.3) is 0 Å². The Morgan fingerprint density at radius 1 is 0.879 bits per heavy atom. The van der Waals surface area contributed by atoms with E-state index in [4.69, 9.17) is 0 Å². The SMILES string of the molecule is CCn1c(Cc2ccccc2)nnc1SCC(=O)Nc1ccc(N=Nc2ccccc2)cc1. The van der Waals surface area contributed by atoms with E-state index >= 15 is 0 Å². The molecule has 1 amide bonds. The molecule has 33 heavy (non-hydrogen) atoms. The molecule has 3 aromatic carbocycles. The summed E-state index contributed by atoms with van der Waals surface area (Å²) in [4.78, 5) is 12.4. The predicted molar refractivity (Wildman–Crippen MR) is 131 cm³/mol. The highest BCUT2D eigenvalue weighted by molar-refractivity contribution is 7.99. The van der Waals surface area contributed by atoms with Crippen LogP contribution in [0.15, 0.2) is 100 Å². The number of thioether (sulfide) groups is 1. The van der Waals surface area contributed by atoms with Crippen LogP contribution < -0.4 is 5.32 Å². The zero-order valence-corrected chi connectivity index (χ0v) is 19.1. The molecule has 0 saturated heterocycles. The van der Waals surface area contributed by atoms with Gasteiger partial charge in [-0.25, -0.2) is 0 Å². The second-order valence-electron chi connectivity index (χ2n) is 7.22. The maximum Gasteiger partial charge on any atom is 0.234 e. The molecule has 0 unspecified atom stereocenters. The van der Waals surface area contributed by atoms with Gasteiger partial charge < -0.3 is 9.88 Å². The maximum absolute atomic E-state index is 12.4. The van der Waals surface area contributed by atoms with Gasteiger partial charge >= 0.3 is 0 Å². The molecule has 0 spiro atoms. The number of hydrogen-bond donors (Lipinski definition) is 1. The van der Waals surface area contributed by atoms with Crippen LogP contribution in [0.3, 0.4) is 0 Å². The van der Waals surface area contributed by atoms with Crippen molar-refractivity contribution in [2.45, 2.75) is 25.0 Å². The lowest BCUT2D eigenvalue weighted by Crippen LogP contribution is -2.14. The Balaban J connectivity index is 1.31. The minimum atomic E-state index is -0.103. The van der Waals surface area contributed by atoms with Gasteiger partial charge in [0.2, 0.25) is 5.91 Å². The van der Waals surface area contributed by atoms with Gasteiger partial charge in [0.15, 0.2) is 5.16 Å². The number of carbonyl (C=O) groups excluding carboxylic acids is 1. The zero-order chi connectivity index (χ0) is 22.9. The van der Waals surface area contributed by atoms with Gasteiger partial charge in [-0.1, -0.05) is 60.3 Å². The highest BCUT2D eigenvalue weighted by Gasteiger charge is 2.13. The summed E-state index contributed by atoms with van der Waals surface area (Å²) in [6.45, 7) is 2.80. The van der Waals surface area contributed by atoms with Crippen molar-refractivity contribution in [3.63, 3.8) is 0 Å². The first-order valence-electron chi connectivity index (χ1n) is 10.7. The average Bonchev–Trinajstić information content (AvgIpc) is 3.25. The van der Waals surface area contributed by atoms with Crippen molar-refractivity contribution in [3.8, 4) is 0 Å². The Bertz CT molecular complexity index is 1210. The van der Waals surface area contributed by atoms with Crippen LogP contribution in [0.1, 0.15) is 18.3 Å². The summed E-state index contributed by atoms with van der Waals surface area (Å²) in [5, 5.41) is 20.7. The Kier molecular flexibility index (Phi) is 7.60. The Morgan fingerprint density at radius 3 is 2.18 bits per heavy atom. The molecular weight excluding hydrogens is 432 g/mol. The third-order valence-electron chi connectivity index (χ3n) is 4.84. The van der Waals surface area contributed by atoms with Crippen molar-refractivity contribution in [2.75, 3.05) is 11.1 Å². The Morgan fingerprint density at radius 2 is 1.52 bits per heavy atom. The molecule has 0 saturated carbocycles. The molecule has 0 aliphatic carbocycles. The molecule has 1 heterocycles. The molecule has 0 bridgehead atoms. The summed E-state index contributed by atoms with van der Waals surface area (Å²) in [6, 6.07) is 27.0. The van der Waals surface area contributed by atoms with Gasteiger partial charge in [-0.3, -0.25) is 4.79 Å². The van der Waals surface area contributed by atoms with Gasteiger partial charge in [-0.15, -0.1) is 10.2 Å². The first kappa shape index (κ1) is 22.4. The fourth-order valence-electron chi connectivity index (χ4n) is 3.20. The van der Waals surface area contributed by atoms with E-state index in [1.807, 2.05) is 72.8 Å². The van der Waals surface area contributed by atoms with Crippen molar-refractivity contribution in [2.24, 2.45) is 10.2 Å². The third kappa shape index (κ3) is 6.36. The molecule has 4 rings (SSSR count). The van der Waals surface area contributed by atoms with Crippen LogP contribution in [-0.4, -0.2) is 26.4 Å². The van der Waals surface area contributed by atoms with Gasteiger partial charge in [0.1, 0.15) is 5.82 Å². The first-order valence-corrected chi connectivity index (χ1v) is 11.7. The zero-order valence-electron chi connectivity index (χ0n) is 18.3. The van der Waals surface area contributed by atoms with Crippen LogP contribution in [0.2, 0.25) is 0 Å². The molecule has 4 aromatic rings. The monoisotopic (exact) mass is 456 g/mol. The van der Waals surface area contributed by atoms with Gasteiger partial charge in [0.25, 0.3) is 0 Å². The van der Waals surface area contributed by atoms with E-state index in [2.05, 4.69) is 49.4 Å². The summed E-state index contributed by atoms with van der Waals surface area (Å²) in [5.74, 6) is 1.04. The largest absolute Gasteiger partial charge is 0.325 e. The number of rotatable bonds is 9. The molecule has 1 N–H and O–H groups in total. The van der Waals surface area contributed by atoms with E-state index in [1.54, 1.807) is 0 Å². The van der Waals surface area contributed by atoms with E-state index in [0.717, 1.165) is 23.2 Å². The number of amides is 1. The molecule has 0 atom stereocenters. The second kappa shape index (κ2) is 11.2. The number of nitrogens with zero attached hydrogens (tertiary/aromatic N) is 5. The summed E-state index contributed by atoms with van der Waals surface area (Å²) in [7, 11) is 0. The number of aromatic nitrogens is 3. The fourth-order valence-corrected chi connectivity index (χ4v) is 4.02. The van der Waals surface area contributed by atoms with Crippen molar-refractivity contribution < 1.29 is 4.79 Å². The number of anilines is 1. The molecular formula is C25H24N6OS. The minimum absolute atomic E-state index is 0.103. The summed E-state index contributed by atoms with van der Waals surface area (Å²) >= 11 is 1.38. The van der Waals surface area contributed by atoms with Crippen LogP contribution in [0, 0.1) is 0 Å². The quantitative estimate of drug-likeness (QED) is 0.246. The number of hydrogen-bond acceptors (Lipinski definition) is 6. The summed E-state index contributed by atoms with van der Waals surface area (Å²) < 4.78 is 2.05. The van der Waals surface area contributed by atoms with Crippen LogP contribution >= 0.6 is 11.8 Å². The number of carbonyl (C=O) groups is 1. The maximum atomic E-state index is 12.4. The van der Waals surface area contributed by atoms with Crippen LogP contribution in [0.5, 0.6) is 0 Å². The van der Waals surface area contributed by atoms with E-state index in [-0.39, 0.29) is 11.7 Å². The van der Waals surface area contributed by atoms with Crippen molar-refractivity contribution in [1.29, 1.82) is 0 Å². The predicted octanol–water partition coefficient (Wildman–Crippen LogP) is 6.04. The van der Waals surface area contributed by atoms with Crippen molar-refractivity contribution in [1.82, 2.24) is 14.8 Å². The minimum Gasteiger partial charge on any atom is -0.325 e. The lowest BCUT2D eigenvalue weighted by molar-refractivity contribution is -0.113. The van der Waals surface area contributed by atoms with Gasteiger partial charge in [-0.05, 0) is 48.9 Å². The number of azo groups is 1. The molecule has 0 fully saturated rings. The highest BCUT2D eigenvalue weighted by Crippen LogP contribution is 2.22. The number of nitrogens with one attached hydrogen (secondary N) is 1. The molecule has 0 radical (unpaired) electrons. The van der Waals surface area contributed by atoms with Crippen LogP contribution in [-0.2, 0) is 17.8 Å². The molecule has 166 valence electrons. The van der Waals surface area contributed by atoms with Crippen molar-refractivity contribution in [3.05, 3.63) is 96.3 Å². The summed E-state index contributed by atoms with van der Waals surface area (Å²) in [5.41, 5.74) is 3.40. The first-order chi connectivity index (χ1) is 16.2. The van der Waals surface area contributed by atoms with Gasteiger partial charge in [0.05, 0.1) is 17.1 Å². The fraction of sp³-hybridized carbons (Fsp3) is 0.160. The number of benzene rings is 3. The topological polar surface area (TPSA) is 84.5 Å². The molecule has 0 aliphatic rings. The Hall–Kier alpha value is -3.78. The van der Waals surface area contributed by atoms with Gasteiger partial charge in [-0.2, -0.15) is 10.2 Å². The van der Waals surface area contributed by atoms with E-state index in [0.29, 0.717) is 17.8 Å².